The van der Waals surface area contributed by atoms with Crippen LogP contribution in [0, 0.1) is 23.7 Å². The minimum absolute atomic E-state index is 0. The van der Waals surface area contributed by atoms with Gasteiger partial charge in [0.15, 0.2) is 0 Å². The van der Waals surface area contributed by atoms with Crippen LogP contribution in [0.15, 0.2) is 25.3 Å². The Morgan fingerprint density at radius 3 is 0.850 bits per heavy atom. The minimum atomic E-state index is 0. The summed E-state index contributed by atoms with van der Waals surface area (Å²) in [5.74, 6) is 12.1. The van der Waals surface area contributed by atoms with Gasteiger partial charge in [0.05, 0.1) is 0 Å². The van der Waals surface area contributed by atoms with Crippen molar-refractivity contribution in [3.05, 3.63) is 25.3 Å². The van der Waals surface area contributed by atoms with Gasteiger partial charge in [0.1, 0.15) is 0 Å². The molecule has 1 aliphatic rings. The highest BCUT2D eigenvalue weighted by Crippen LogP contribution is 1.91. The summed E-state index contributed by atoms with van der Waals surface area (Å²) in [7, 11) is 0. The van der Waals surface area contributed by atoms with E-state index in [2.05, 4.69) is 36.8 Å². The molecule has 0 bridgehead atoms. The Hall–Kier alpha value is -1.40. The topological polar surface area (TPSA) is 0 Å². The van der Waals surface area contributed by atoms with Crippen molar-refractivity contribution in [3.63, 3.8) is 0 Å². The zero-order valence-electron chi connectivity index (χ0n) is 13.4. The molecule has 120 valence electrons. The summed E-state index contributed by atoms with van der Waals surface area (Å²) in [6, 6.07) is 0. The average Bonchev–Trinajstić information content (AvgIpc) is 2.45. The number of hydrogen-bond acceptors (Lipinski definition) is 0. The largest absolute Gasteiger partial charge is 0.106 e. The summed E-state index contributed by atoms with van der Waals surface area (Å²) in [5, 5.41) is 0. The summed E-state index contributed by atoms with van der Waals surface area (Å²) >= 11 is 0. The van der Waals surface area contributed by atoms with Gasteiger partial charge >= 0.3 is 0 Å². The molecule has 0 saturated heterocycles. The van der Waals surface area contributed by atoms with E-state index in [0.29, 0.717) is 0 Å². The third-order valence-corrected chi connectivity index (χ3v) is 1.33. The van der Waals surface area contributed by atoms with Crippen molar-refractivity contribution in [1.82, 2.24) is 0 Å². The van der Waals surface area contributed by atoms with Gasteiger partial charge in [-0.05, 0) is 13.8 Å². The quantitative estimate of drug-likeness (QED) is 0.323. The first kappa shape index (κ1) is 36.3. The molecule has 0 N–H and O–H groups in total. The molecule has 0 aromatic carbocycles. The van der Waals surface area contributed by atoms with E-state index in [1.165, 1.54) is 0 Å². The molecular weight excluding hydrogens is 240 g/mol. The summed E-state index contributed by atoms with van der Waals surface area (Å²) in [6.45, 7) is 18.0. The first-order valence-electron chi connectivity index (χ1n) is 6.90. The van der Waals surface area contributed by atoms with Crippen molar-refractivity contribution in [2.45, 2.75) is 82.1 Å². The maximum atomic E-state index is 3.03. The molecule has 0 amide bonds. The van der Waals surface area contributed by atoms with Crippen LogP contribution in [0.2, 0.25) is 0 Å². The van der Waals surface area contributed by atoms with Gasteiger partial charge < -0.3 is 0 Å². The van der Waals surface area contributed by atoms with Crippen LogP contribution in [0.5, 0.6) is 0 Å². The van der Waals surface area contributed by atoms with Crippen LogP contribution in [0.4, 0.5) is 0 Å². The molecule has 0 heterocycles. The predicted molar refractivity (Wildman–Crippen MR) is 102 cm³/mol. The molecule has 0 unspecified atom stereocenters. The van der Waals surface area contributed by atoms with Gasteiger partial charge in [0.25, 0.3) is 0 Å². The third-order valence-electron chi connectivity index (χ3n) is 1.33. The van der Waals surface area contributed by atoms with Crippen molar-refractivity contribution in [2.75, 3.05) is 0 Å². The summed E-state index contributed by atoms with van der Waals surface area (Å²) in [6.07, 6.45) is 7.86. The van der Waals surface area contributed by atoms with Crippen molar-refractivity contribution in [3.8, 4) is 23.7 Å². The standard InChI is InChI=1S/C8H8.C4H8.2C2H6.C2H4.2CH4/c1-2-4-6-8-7-5-3-1;1-3-4-2;3*1-2;;/h1-2,7-8H2;3-4H,1-2H3;2*1-2H3;1-2H2;2*1H4/b;4-3-;;;;;. The second-order valence-electron chi connectivity index (χ2n) is 2.37. The maximum absolute atomic E-state index is 3.03. The number of allylic oxidation sites excluding steroid dienone is 2. The van der Waals surface area contributed by atoms with Gasteiger partial charge in [-0.25, -0.2) is 0 Å². The zero-order chi connectivity index (χ0) is 15.1. The second-order valence-corrected chi connectivity index (χ2v) is 2.37. The van der Waals surface area contributed by atoms with Crippen LogP contribution in [-0.2, 0) is 0 Å². The van der Waals surface area contributed by atoms with Crippen LogP contribution in [0.3, 0.4) is 0 Å². The Labute approximate surface area is 131 Å². The van der Waals surface area contributed by atoms with E-state index < -0.39 is 0 Å². The van der Waals surface area contributed by atoms with E-state index in [1.54, 1.807) is 0 Å². The molecule has 20 heavy (non-hydrogen) atoms. The third kappa shape index (κ3) is 69.9. The van der Waals surface area contributed by atoms with Crippen LogP contribution in [0.25, 0.3) is 0 Å². The van der Waals surface area contributed by atoms with Crippen LogP contribution < -0.4 is 0 Å². The second kappa shape index (κ2) is 65.6. The van der Waals surface area contributed by atoms with E-state index >= 15 is 0 Å². The maximum Gasteiger partial charge on any atom is 0.0198 e. The van der Waals surface area contributed by atoms with Gasteiger partial charge in [-0.3, -0.25) is 0 Å². The molecule has 0 atom stereocenters. The van der Waals surface area contributed by atoms with Crippen molar-refractivity contribution < 1.29 is 0 Å². The Morgan fingerprint density at radius 2 is 0.750 bits per heavy atom. The fourth-order valence-electron chi connectivity index (χ4n) is 0.604. The summed E-state index contributed by atoms with van der Waals surface area (Å²) < 4.78 is 0. The number of hydrogen-bond donors (Lipinski definition) is 0. The lowest BCUT2D eigenvalue weighted by Crippen LogP contribution is -1.72. The first-order chi connectivity index (χ1) is 8.91. The van der Waals surface area contributed by atoms with Gasteiger partial charge in [-0.2, -0.15) is 0 Å². The average molecular weight is 281 g/mol. The van der Waals surface area contributed by atoms with Crippen LogP contribution >= 0.6 is 0 Å². The van der Waals surface area contributed by atoms with E-state index in [4.69, 9.17) is 0 Å². The normalized spacial score (nSPS) is 9.10. The lowest BCUT2D eigenvalue weighted by Gasteiger charge is -1.84. The predicted octanol–water partition coefficient (Wildman–Crippen LogP) is 7.28. The molecule has 1 rings (SSSR count). The lowest BCUT2D eigenvalue weighted by atomic mass is 10.2. The highest BCUT2D eigenvalue weighted by molar-refractivity contribution is 5.10. The molecule has 0 spiro atoms. The lowest BCUT2D eigenvalue weighted by molar-refractivity contribution is 1.06. The SMILES string of the molecule is C.C.C/C=C\C.C1#CCCC#CCC1.C=C.CC.CC. The Bertz CT molecular complexity index is 195. The minimum Gasteiger partial charge on any atom is -0.106 e. The molecule has 0 radical (unpaired) electrons. The molecule has 0 aliphatic heterocycles. The van der Waals surface area contributed by atoms with Crippen molar-refractivity contribution >= 4 is 0 Å². The van der Waals surface area contributed by atoms with Gasteiger partial charge in [0.2, 0.25) is 0 Å². The molecule has 0 aromatic rings. The van der Waals surface area contributed by atoms with Gasteiger partial charge in [-0.1, -0.05) is 54.7 Å². The summed E-state index contributed by atoms with van der Waals surface area (Å²) in [4.78, 5) is 0. The zero-order valence-corrected chi connectivity index (χ0v) is 13.4. The molecular formula is C20H40. The smallest absolute Gasteiger partial charge is 0.0198 e. The molecule has 1 aliphatic carbocycles. The van der Waals surface area contributed by atoms with Crippen molar-refractivity contribution in [2.24, 2.45) is 0 Å². The summed E-state index contributed by atoms with van der Waals surface area (Å²) in [5.41, 5.74) is 0. The van der Waals surface area contributed by atoms with E-state index in [0.717, 1.165) is 25.7 Å². The number of rotatable bonds is 0. The highest BCUT2D eigenvalue weighted by Gasteiger charge is 1.79. The molecule has 0 fully saturated rings. The Balaban J connectivity index is -0.0000000357. The van der Waals surface area contributed by atoms with E-state index in [9.17, 15) is 0 Å². The van der Waals surface area contributed by atoms with Crippen molar-refractivity contribution in [1.29, 1.82) is 0 Å². The monoisotopic (exact) mass is 280 g/mol. The van der Waals surface area contributed by atoms with E-state index in [1.807, 2.05) is 53.7 Å². The van der Waals surface area contributed by atoms with Gasteiger partial charge in [0, 0.05) is 25.7 Å². The fraction of sp³-hybridized carbons (Fsp3) is 0.600. The molecule has 0 nitrogen and oxygen atoms in total. The molecule has 0 saturated carbocycles. The van der Waals surface area contributed by atoms with E-state index in [-0.39, 0.29) is 14.9 Å². The van der Waals surface area contributed by atoms with Gasteiger partial charge in [-0.15, -0.1) is 36.8 Å². The highest BCUT2D eigenvalue weighted by atomic mass is 13.8. The Kier molecular flexibility index (Phi) is 119. The van der Waals surface area contributed by atoms with Crippen LogP contribution in [0.1, 0.15) is 82.1 Å². The molecule has 0 aromatic heterocycles. The Morgan fingerprint density at radius 1 is 0.600 bits per heavy atom. The van der Waals surface area contributed by atoms with Crippen LogP contribution in [-0.4, -0.2) is 0 Å². The fourth-order valence-corrected chi connectivity index (χ4v) is 0.604. The molecule has 0 heteroatoms. The first-order valence-corrected chi connectivity index (χ1v) is 6.90.